The lowest BCUT2D eigenvalue weighted by molar-refractivity contribution is -0.150. The van der Waals surface area contributed by atoms with E-state index in [1.54, 1.807) is 27.7 Å². The number of hydrogen-bond donors (Lipinski definition) is 0. The summed E-state index contributed by atoms with van der Waals surface area (Å²) in [6, 6.07) is -0.912. The van der Waals surface area contributed by atoms with Crippen molar-refractivity contribution in [2.45, 2.75) is 65.0 Å². The highest BCUT2D eigenvalue weighted by Gasteiger charge is 2.47. The van der Waals surface area contributed by atoms with Crippen molar-refractivity contribution in [2.75, 3.05) is 6.61 Å². The molecule has 1 saturated heterocycles. The lowest BCUT2D eigenvalue weighted by atomic mass is 9.87. The van der Waals surface area contributed by atoms with Gasteiger partial charge >= 0.3 is 12.1 Å². The van der Waals surface area contributed by atoms with E-state index < -0.39 is 29.6 Å². The molecule has 1 saturated carbocycles. The van der Waals surface area contributed by atoms with E-state index >= 15 is 0 Å². The molecule has 0 aromatic rings. The summed E-state index contributed by atoms with van der Waals surface area (Å²) >= 11 is 0. The number of ether oxygens (including phenoxy) is 2. The molecule has 6 nitrogen and oxygen atoms in total. The molecule has 2 aliphatic rings. The van der Waals surface area contributed by atoms with Crippen LogP contribution in [0, 0.1) is 0 Å². The van der Waals surface area contributed by atoms with Gasteiger partial charge in [-0.3, -0.25) is 4.79 Å². The molecule has 0 spiro atoms. The topological polar surface area (TPSA) is 72.9 Å². The standard InChI is InChI=1S/C16H23NO5/c1-5-21-14(19)12-9-11(10-7-6-8-10)13(18)17(12)15(20)22-16(2,3)4/h12H,5-9H2,1-4H3/t12-/m0/s1. The number of esters is 1. The van der Waals surface area contributed by atoms with Crippen molar-refractivity contribution >= 4 is 18.0 Å². The zero-order valence-corrected chi connectivity index (χ0v) is 13.6. The van der Waals surface area contributed by atoms with Gasteiger partial charge in [-0.05, 0) is 47.0 Å². The zero-order chi connectivity index (χ0) is 16.5. The second-order valence-electron chi connectivity index (χ2n) is 6.56. The van der Waals surface area contributed by atoms with Crippen molar-refractivity contribution in [2.24, 2.45) is 0 Å². The van der Waals surface area contributed by atoms with E-state index in [0.717, 1.165) is 29.7 Å². The predicted molar refractivity (Wildman–Crippen MR) is 79.0 cm³/mol. The fourth-order valence-electron chi connectivity index (χ4n) is 2.56. The average Bonchev–Trinajstić information content (AvgIpc) is 2.63. The maximum atomic E-state index is 12.5. The van der Waals surface area contributed by atoms with Crippen LogP contribution >= 0.6 is 0 Å². The van der Waals surface area contributed by atoms with E-state index in [1.807, 2.05) is 0 Å². The minimum Gasteiger partial charge on any atom is -0.464 e. The summed E-state index contributed by atoms with van der Waals surface area (Å²) < 4.78 is 10.3. The van der Waals surface area contributed by atoms with Gasteiger partial charge in [0.25, 0.3) is 5.91 Å². The number of carbonyl (C=O) groups excluding carboxylic acids is 3. The lowest BCUT2D eigenvalue weighted by Crippen LogP contribution is -2.46. The number of imide groups is 1. The molecule has 6 heteroatoms. The van der Waals surface area contributed by atoms with Gasteiger partial charge in [-0.15, -0.1) is 0 Å². The summed E-state index contributed by atoms with van der Waals surface area (Å²) in [5.74, 6) is -0.973. The van der Waals surface area contributed by atoms with Gasteiger partial charge in [-0.1, -0.05) is 5.57 Å². The van der Waals surface area contributed by atoms with E-state index in [1.165, 1.54) is 0 Å². The summed E-state index contributed by atoms with van der Waals surface area (Å²) in [6.07, 6.45) is 2.21. The third-order valence-electron chi connectivity index (χ3n) is 3.72. The maximum absolute atomic E-state index is 12.5. The van der Waals surface area contributed by atoms with Crippen LogP contribution in [0.2, 0.25) is 0 Å². The van der Waals surface area contributed by atoms with Gasteiger partial charge in [0.1, 0.15) is 11.6 Å². The van der Waals surface area contributed by atoms with Crippen molar-refractivity contribution in [1.82, 2.24) is 4.90 Å². The van der Waals surface area contributed by atoms with Crippen molar-refractivity contribution < 1.29 is 23.9 Å². The molecule has 1 atom stereocenters. The number of amides is 2. The minimum absolute atomic E-state index is 0.206. The Balaban J connectivity index is 2.27. The normalized spacial score (nSPS) is 21.7. The molecule has 0 aromatic heterocycles. The summed E-state index contributed by atoms with van der Waals surface area (Å²) in [4.78, 5) is 37.9. The highest BCUT2D eigenvalue weighted by atomic mass is 16.6. The molecule has 122 valence electrons. The fraction of sp³-hybridized carbons (Fsp3) is 0.688. The molecule has 1 heterocycles. The van der Waals surface area contributed by atoms with Crippen molar-refractivity contribution in [1.29, 1.82) is 0 Å². The summed E-state index contributed by atoms with van der Waals surface area (Å²) in [5.41, 5.74) is 0.892. The van der Waals surface area contributed by atoms with Crippen LogP contribution in [0.15, 0.2) is 11.1 Å². The Morgan fingerprint density at radius 3 is 2.36 bits per heavy atom. The van der Waals surface area contributed by atoms with E-state index in [-0.39, 0.29) is 13.0 Å². The first-order valence-electron chi connectivity index (χ1n) is 7.68. The number of carbonyl (C=O) groups is 3. The number of likely N-dealkylation sites (tertiary alicyclic amines) is 1. The van der Waals surface area contributed by atoms with Crippen molar-refractivity contribution in [3.63, 3.8) is 0 Å². The van der Waals surface area contributed by atoms with Gasteiger partial charge < -0.3 is 9.47 Å². The summed E-state index contributed by atoms with van der Waals surface area (Å²) in [7, 11) is 0. The van der Waals surface area contributed by atoms with Crippen molar-refractivity contribution in [3.8, 4) is 0 Å². The molecule has 2 fully saturated rings. The van der Waals surface area contributed by atoms with Crippen LogP contribution < -0.4 is 0 Å². The van der Waals surface area contributed by atoms with E-state index in [4.69, 9.17) is 9.47 Å². The molecule has 2 rings (SSSR count). The van der Waals surface area contributed by atoms with Gasteiger partial charge in [-0.25, -0.2) is 14.5 Å². The van der Waals surface area contributed by atoms with Crippen LogP contribution in [0.3, 0.4) is 0 Å². The molecule has 1 aliphatic heterocycles. The smallest absolute Gasteiger partial charge is 0.418 e. The Bertz CT molecular complexity index is 523. The van der Waals surface area contributed by atoms with Crippen LogP contribution in [0.25, 0.3) is 0 Å². The molecule has 1 aliphatic carbocycles. The van der Waals surface area contributed by atoms with Crippen LogP contribution in [-0.4, -0.2) is 41.1 Å². The lowest BCUT2D eigenvalue weighted by Gasteiger charge is -2.26. The molecule has 0 bridgehead atoms. The summed E-state index contributed by atoms with van der Waals surface area (Å²) in [6.45, 7) is 7.05. The molecular weight excluding hydrogens is 286 g/mol. The van der Waals surface area contributed by atoms with Gasteiger partial charge in [0.05, 0.1) is 6.61 Å². The largest absolute Gasteiger partial charge is 0.464 e. The van der Waals surface area contributed by atoms with E-state index in [2.05, 4.69) is 0 Å². The van der Waals surface area contributed by atoms with Gasteiger partial charge in [0.15, 0.2) is 0 Å². The molecule has 2 amide bonds. The van der Waals surface area contributed by atoms with Crippen molar-refractivity contribution in [3.05, 3.63) is 11.1 Å². The first-order valence-corrected chi connectivity index (χ1v) is 7.68. The zero-order valence-electron chi connectivity index (χ0n) is 13.6. The second kappa shape index (κ2) is 6.10. The third kappa shape index (κ3) is 3.31. The van der Waals surface area contributed by atoms with Crippen LogP contribution in [-0.2, 0) is 19.1 Å². The molecule has 22 heavy (non-hydrogen) atoms. The monoisotopic (exact) mass is 309 g/mol. The predicted octanol–water partition coefficient (Wildman–Crippen LogP) is 2.57. The Kier molecular flexibility index (Phi) is 4.58. The summed E-state index contributed by atoms with van der Waals surface area (Å²) in [5, 5.41) is 0. The number of nitrogens with zero attached hydrogens (tertiary/aromatic N) is 1. The molecule has 0 radical (unpaired) electrons. The molecule has 0 N–H and O–H groups in total. The highest BCUT2D eigenvalue weighted by Crippen LogP contribution is 2.37. The van der Waals surface area contributed by atoms with Crippen LogP contribution in [0.4, 0.5) is 4.79 Å². The van der Waals surface area contributed by atoms with E-state index in [0.29, 0.717) is 5.57 Å². The second-order valence-corrected chi connectivity index (χ2v) is 6.56. The SMILES string of the molecule is CCOC(=O)[C@@H]1CC(=C2CCC2)C(=O)N1C(=O)OC(C)(C)C. The quantitative estimate of drug-likeness (QED) is 0.579. The van der Waals surface area contributed by atoms with Gasteiger partial charge in [0, 0.05) is 12.0 Å². The van der Waals surface area contributed by atoms with Gasteiger partial charge in [-0.2, -0.15) is 0 Å². The first-order chi connectivity index (χ1) is 10.2. The number of allylic oxidation sites excluding steroid dienone is 1. The Morgan fingerprint density at radius 2 is 1.91 bits per heavy atom. The molecule has 0 aromatic carbocycles. The van der Waals surface area contributed by atoms with Crippen LogP contribution in [0.5, 0.6) is 0 Å². The van der Waals surface area contributed by atoms with Crippen LogP contribution in [0.1, 0.15) is 53.4 Å². The average molecular weight is 309 g/mol. The number of hydrogen-bond acceptors (Lipinski definition) is 5. The van der Waals surface area contributed by atoms with E-state index in [9.17, 15) is 14.4 Å². The maximum Gasteiger partial charge on any atom is 0.418 e. The Labute approximate surface area is 130 Å². The number of rotatable bonds is 2. The molecular formula is C16H23NO5. The third-order valence-corrected chi connectivity index (χ3v) is 3.72. The van der Waals surface area contributed by atoms with Gasteiger partial charge in [0.2, 0.25) is 0 Å². The molecule has 0 unspecified atom stereocenters. The Morgan fingerprint density at radius 1 is 1.27 bits per heavy atom. The fourth-order valence-corrected chi connectivity index (χ4v) is 2.56. The first kappa shape index (κ1) is 16.5. The Hall–Kier alpha value is -1.85. The minimum atomic E-state index is -0.912. The highest BCUT2D eigenvalue weighted by molar-refractivity contribution is 6.09.